The number of hydrogen-bond donors (Lipinski definition) is 1. The van der Waals surface area contributed by atoms with Crippen molar-refractivity contribution in [3.8, 4) is 11.1 Å². The minimum absolute atomic E-state index is 0.0179. The van der Waals surface area contributed by atoms with Gasteiger partial charge in [-0.3, -0.25) is 14.4 Å². The Morgan fingerprint density at radius 1 is 0.935 bits per heavy atom. The molecule has 1 N–H and O–H groups in total. The number of amides is 1. The molecule has 3 aromatic rings. The number of carbonyl (C=O) groups is 3. The standard InChI is InChI=1S/C25H23NO4S/c1-2-3-13-26-22(27)14-30-23(28)15-31-21-12-11-17-16-7-4-5-8-18(16)25(29)20-10-6-9-19(21)24(17)20/h4-12H,2-3,13-15H2,1H3,(H,26,27). The molecule has 1 aliphatic carbocycles. The Morgan fingerprint density at radius 2 is 1.71 bits per heavy atom. The van der Waals surface area contributed by atoms with E-state index >= 15 is 0 Å². The van der Waals surface area contributed by atoms with E-state index in [2.05, 4.69) is 5.32 Å². The maximum absolute atomic E-state index is 13.0. The van der Waals surface area contributed by atoms with E-state index in [1.165, 1.54) is 11.8 Å². The normalized spacial score (nSPS) is 11.8. The molecule has 0 heterocycles. The summed E-state index contributed by atoms with van der Waals surface area (Å²) in [7, 11) is 0. The molecule has 1 amide bonds. The molecule has 0 aliphatic heterocycles. The van der Waals surface area contributed by atoms with E-state index in [-0.39, 0.29) is 24.1 Å². The Labute approximate surface area is 185 Å². The summed E-state index contributed by atoms with van der Waals surface area (Å²) < 4.78 is 5.09. The Morgan fingerprint density at radius 3 is 2.52 bits per heavy atom. The number of nitrogens with one attached hydrogen (secondary N) is 1. The second-order valence-electron chi connectivity index (χ2n) is 7.37. The summed E-state index contributed by atoms with van der Waals surface area (Å²) in [6.45, 7) is 2.36. The first-order valence-electron chi connectivity index (χ1n) is 10.3. The Bertz CT molecular complexity index is 1170. The zero-order valence-electron chi connectivity index (χ0n) is 17.3. The van der Waals surface area contributed by atoms with Gasteiger partial charge in [-0.15, -0.1) is 11.8 Å². The minimum Gasteiger partial charge on any atom is -0.455 e. The second kappa shape index (κ2) is 9.35. The van der Waals surface area contributed by atoms with Gasteiger partial charge in [-0.25, -0.2) is 0 Å². The lowest BCUT2D eigenvalue weighted by molar-refractivity contribution is -0.145. The van der Waals surface area contributed by atoms with Crippen molar-refractivity contribution >= 4 is 40.2 Å². The molecule has 31 heavy (non-hydrogen) atoms. The number of rotatable bonds is 8. The van der Waals surface area contributed by atoms with Crippen LogP contribution in [0.5, 0.6) is 0 Å². The van der Waals surface area contributed by atoms with Crippen LogP contribution in [0.2, 0.25) is 0 Å². The van der Waals surface area contributed by atoms with Crippen LogP contribution in [0.15, 0.2) is 59.5 Å². The lowest BCUT2D eigenvalue weighted by Gasteiger charge is -2.21. The monoisotopic (exact) mass is 433 g/mol. The summed E-state index contributed by atoms with van der Waals surface area (Å²) in [4.78, 5) is 37.7. The minimum atomic E-state index is -0.447. The van der Waals surface area contributed by atoms with Crippen molar-refractivity contribution in [2.75, 3.05) is 18.9 Å². The second-order valence-corrected chi connectivity index (χ2v) is 8.38. The molecule has 4 rings (SSSR count). The number of ketones is 1. The van der Waals surface area contributed by atoms with E-state index in [4.69, 9.17) is 4.74 Å². The molecular formula is C25H23NO4S. The van der Waals surface area contributed by atoms with E-state index in [0.29, 0.717) is 17.7 Å². The average molecular weight is 434 g/mol. The van der Waals surface area contributed by atoms with E-state index in [9.17, 15) is 14.4 Å². The van der Waals surface area contributed by atoms with Crippen molar-refractivity contribution in [1.82, 2.24) is 5.32 Å². The number of thioether (sulfide) groups is 1. The molecule has 158 valence electrons. The number of esters is 1. The maximum atomic E-state index is 13.0. The van der Waals surface area contributed by atoms with E-state index in [0.717, 1.165) is 39.6 Å². The molecule has 0 radical (unpaired) electrons. The fourth-order valence-corrected chi connectivity index (χ4v) is 4.61. The topological polar surface area (TPSA) is 72.5 Å². The van der Waals surface area contributed by atoms with Gasteiger partial charge < -0.3 is 10.1 Å². The van der Waals surface area contributed by atoms with Gasteiger partial charge in [-0.2, -0.15) is 0 Å². The first-order chi connectivity index (χ1) is 15.1. The van der Waals surface area contributed by atoms with Crippen LogP contribution in [0.4, 0.5) is 0 Å². The summed E-state index contributed by atoms with van der Waals surface area (Å²) in [5.41, 5.74) is 3.35. The Kier molecular flexibility index (Phi) is 6.37. The molecule has 0 saturated carbocycles. The zero-order valence-corrected chi connectivity index (χ0v) is 18.1. The van der Waals surface area contributed by atoms with Crippen molar-refractivity contribution in [3.05, 3.63) is 65.7 Å². The van der Waals surface area contributed by atoms with Crippen LogP contribution < -0.4 is 5.32 Å². The summed E-state index contributed by atoms with van der Waals surface area (Å²) in [5, 5.41) is 4.57. The summed E-state index contributed by atoms with van der Waals surface area (Å²) in [6, 6.07) is 17.3. The molecular weight excluding hydrogens is 410 g/mol. The SMILES string of the molecule is CCCCNC(=O)COC(=O)CSc1ccc2c3c(cccc13)C(=O)c1ccccc1-2. The highest BCUT2D eigenvalue weighted by molar-refractivity contribution is 8.00. The zero-order chi connectivity index (χ0) is 21.8. The van der Waals surface area contributed by atoms with E-state index in [1.54, 1.807) is 0 Å². The molecule has 0 bridgehead atoms. The van der Waals surface area contributed by atoms with Crippen LogP contribution >= 0.6 is 11.8 Å². The quantitative estimate of drug-likeness (QED) is 0.250. The largest absolute Gasteiger partial charge is 0.455 e. The Balaban J connectivity index is 1.50. The van der Waals surface area contributed by atoms with Crippen LogP contribution in [-0.4, -0.2) is 36.6 Å². The van der Waals surface area contributed by atoms with Crippen molar-refractivity contribution in [1.29, 1.82) is 0 Å². The number of ether oxygens (including phenoxy) is 1. The fraction of sp³-hybridized carbons (Fsp3) is 0.240. The van der Waals surface area contributed by atoms with Crippen molar-refractivity contribution in [3.63, 3.8) is 0 Å². The van der Waals surface area contributed by atoms with Crippen LogP contribution in [0.3, 0.4) is 0 Å². The fourth-order valence-electron chi connectivity index (χ4n) is 3.76. The first-order valence-corrected chi connectivity index (χ1v) is 11.3. The highest BCUT2D eigenvalue weighted by Gasteiger charge is 2.25. The number of unbranched alkanes of at least 4 members (excludes halogenated alkanes) is 1. The third-order valence-electron chi connectivity index (χ3n) is 5.27. The van der Waals surface area contributed by atoms with Crippen molar-refractivity contribution < 1.29 is 19.1 Å². The van der Waals surface area contributed by atoms with Crippen molar-refractivity contribution in [2.45, 2.75) is 24.7 Å². The first kappa shape index (κ1) is 21.1. The molecule has 0 atom stereocenters. The molecule has 0 fully saturated rings. The lowest BCUT2D eigenvalue weighted by atomic mass is 9.83. The van der Waals surface area contributed by atoms with Gasteiger partial charge in [-0.05, 0) is 29.0 Å². The lowest BCUT2D eigenvalue weighted by Crippen LogP contribution is -2.29. The molecule has 0 aromatic heterocycles. The van der Waals surface area contributed by atoms with Crippen molar-refractivity contribution in [2.24, 2.45) is 0 Å². The van der Waals surface area contributed by atoms with Gasteiger partial charge in [0.1, 0.15) is 0 Å². The van der Waals surface area contributed by atoms with Gasteiger partial charge in [0.2, 0.25) is 0 Å². The van der Waals surface area contributed by atoms with E-state index in [1.807, 2.05) is 61.5 Å². The average Bonchev–Trinajstić information content (AvgIpc) is 2.80. The van der Waals surface area contributed by atoms with Gasteiger partial charge in [0.15, 0.2) is 12.4 Å². The molecule has 1 aliphatic rings. The molecule has 0 unspecified atom stereocenters. The Hall–Kier alpha value is -3.12. The van der Waals surface area contributed by atoms with Crippen LogP contribution in [0, 0.1) is 0 Å². The summed E-state index contributed by atoms with van der Waals surface area (Å²) in [5.74, 6) is -0.627. The van der Waals surface area contributed by atoms with Gasteiger partial charge in [0.05, 0.1) is 5.75 Å². The third kappa shape index (κ3) is 4.35. The van der Waals surface area contributed by atoms with Gasteiger partial charge >= 0.3 is 5.97 Å². The third-order valence-corrected chi connectivity index (χ3v) is 6.32. The number of carbonyl (C=O) groups excluding carboxylic acids is 3. The van der Waals surface area contributed by atoms with Crippen LogP contribution in [-0.2, 0) is 14.3 Å². The molecule has 0 spiro atoms. The molecule has 3 aromatic carbocycles. The number of hydrogen-bond acceptors (Lipinski definition) is 5. The van der Waals surface area contributed by atoms with Crippen LogP contribution in [0.25, 0.3) is 21.9 Å². The van der Waals surface area contributed by atoms with Gasteiger partial charge in [0.25, 0.3) is 5.91 Å². The molecule has 6 heteroatoms. The summed E-state index contributed by atoms with van der Waals surface area (Å²) in [6.07, 6.45) is 1.88. The predicted molar refractivity (Wildman–Crippen MR) is 122 cm³/mol. The maximum Gasteiger partial charge on any atom is 0.316 e. The predicted octanol–water partition coefficient (Wildman–Crippen LogP) is 4.60. The van der Waals surface area contributed by atoms with Gasteiger partial charge in [0, 0.05) is 28.0 Å². The van der Waals surface area contributed by atoms with E-state index < -0.39 is 5.97 Å². The number of fused-ring (bicyclic) bond motifs is 2. The molecule has 5 nitrogen and oxygen atoms in total. The smallest absolute Gasteiger partial charge is 0.316 e. The van der Waals surface area contributed by atoms with Gasteiger partial charge in [-0.1, -0.05) is 61.9 Å². The highest BCUT2D eigenvalue weighted by Crippen LogP contribution is 2.42. The molecule has 0 saturated heterocycles. The van der Waals surface area contributed by atoms with Crippen LogP contribution in [0.1, 0.15) is 35.7 Å². The number of benzene rings is 3. The highest BCUT2D eigenvalue weighted by atomic mass is 32.2. The summed E-state index contributed by atoms with van der Waals surface area (Å²) >= 11 is 1.35.